The van der Waals surface area contributed by atoms with Gasteiger partial charge in [0.25, 0.3) is 0 Å². The predicted molar refractivity (Wildman–Crippen MR) is 130 cm³/mol. The SMILES string of the molecule is COC(CCn1cnc(-c2ccc(F)cc2)c1-c1ccnc(OCCC2CCCCC2)n1)C(N)=O. The van der Waals surface area contributed by atoms with Crippen molar-refractivity contribution in [1.29, 1.82) is 0 Å². The Morgan fingerprint density at radius 1 is 1.17 bits per heavy atom. The number of halogens is 1. The summed E-state index contributed by atoms with van der Waals surface area (Å²) in [5, 5.41) is 0. The van der Waals surface area contributed by atoms with Gasteiger partial charge in [0.2, 0.25) is 5.91 Å². The fourth-order valence-electron chi connectivity index (χ4n) is 4.61. The molecule has 2 aromatic heterocycles. The van der Waals surface area contributed by atoms with Crippen LogP contribution in [0.5, 0.6) is 6.01 Å². The third kappa shape index (κ3) is 6.42. The number of aromatic nitrogens is 4. The van der Waals surface area contributed by atoms with E-state index >= 15 is 0 Å². The molecule has 1 atom stereocenters. The van der Waals surface area contributed by atoms with Crippen molar-refractivity contribution in [2.24, 2.45) is 11.7 Å². The zero-order valence-corrected chi connectivity index (χ0v) is 20.0. The van der Waals surface area contributed by atoms with Crippen molar-refractivity contribution < 1.29 is 18.7 Å². The van der Waals surface area contributed by atoms with Crippen LogP contribution in [0.4, 0.5) is 4.39 Å². The maximum Gasteiger partial charge on any atom is 0.316 e. The van der Waals surface area contributed by atoms with Crippen LogP contribution in [0.1, 0.15) is 44.9 Å². The standard InChI is InChI=1S/C26H32FN5O3/c1-34-22(25(28)33)12-15-32-17-30-23(19-7-9-20(27)10-8-19)24(32)21-11-14-29-26(31-21)35-16-13-18-5-3-2-4-6-18/h7-11,14,17-18,22H,2-6,12-13,15-16H2,1H3,(H2,28,33). The van der Waals surface area contributed by atoms with Gasteiger partial charge in [0.1, 0.15) is 11.9 Å². The molecule has 1 aliphatic rings. The number of methoxy groups -OCH3 is 1. The van der Waals surface area contributed by atoms with Crippen molar-refractivity contribution in [3.63, 3.8) is 0 Å². The van der Waals surface area contributed by atoms with Crippen LogP contribution in [0.2, 0.25) is 0 Å². The average molecular weight is 482 g/mol. The van der Waals surface area contributed by atoms with Crippen LogP contribution < -0.4 is 10.5 Å². The second-order valence-electron chi connectivity index (χ2n) is 8.92. The van der Waals surface area contributed by atoms with E-state index in [1.165, 1.54) is 51.3 Å². The van der Waals surface area contributed by atoms with E-state index in [1.807, 2.05) is 4.57 Å². The maximum atomic E-state index is 13.5. The highest BCUT2D eigenvalue weighted by Gasteiger charge is 2.20. The van der Waals surface area contributed by atoms with E-state index in [2.05, 4.69) is 15.0 Å². The monoisotopic (exact) mass is 481 g/mol. The molecule has 1 aromatic carbocycles. The van der Waals surface area contributed by atoms with Crippen molar-refractivity contribution in [2.75, 3.05) is 13.7 Å². The summed E-state index contributed by atoms with van der Waals surface area (Å²) in [6.07, 6.45) is 10.4. The van der Waals surface area contributed by atoms with Gasteiger partial charge < -0.3 is 19.8 Å². The number of benzene rings is 1. The van der Waals surface area contributed by atoms with Gasteiger partial charge in [0, 0.05) is 31.8 Å². The highest BCUT2D eigenvalue weighted by atomic mass is 19.1. The molecule has 1 saturated carbocycles. The summed E-state index contributed by atoms with van der Waals surface area (Å²) in [5.41, 5.74) is 8.16. The van der Waals surface area contributed by atoms with Crippen LogP contribution in [0.3, 0.4) is 0 Å². The van der Waals surface area contributed by atoms with Crippen LogP contribution in [0, 0.1) is 11.7 Å². The summed E-state index contributed by atoms with van der Waals surface area (Å²) >= 11 is 0. The third-order valence-electron chi connectivity index (χ3n) is 6.55. The minimum Gasteiger partial charge on any atom is -0.463 e. The Morgan fingerprint density at radius 3 is 2.66 bits per heavy atom. The first-order valence-electron chi connectivity index (χ1n) is 12.1. The molecule has 0 aliphatic heterocycles. The van der Waals surface area contributed by atoms with E-state index in [0.717, 1.165) is 17.7 Å². The number of imidazole rings is 1. The van der Waals surface area contributed by atoms with E-state index in [-0.39, 0.29) is 5.82 Å². The first-order chi connectivity index (χ1) is 17.0. The predicted octanol–water partition coefficient (Wildman–Crippen LogP) is 4.39. The summed E-state index contributed by atoms with van der Waals surface area (Å²) in [4.78, 5) is 25.1. The number of rotatable bonds is 11. The van der Waals surface area contributed by atoms with Gasteiger partial charge >= 0.3 is 6.01 Å². The summed E-state index contributed by atoms with van der Waals surface area (Å²) < 4.78 is 26.5. The van der Waals surface area contributed by atoms with Crippen LogP contribution in [0.15, 0.2) is 42.9 Å². The largest absolute Gasteiger partial charge is 0.463 e. The maximum absolute atomic E-state index is 13.5. The van der Waals surface area contributed by atoms with E-state index in [1.54, 1.807) is 30.7 Å². The number of aryl methyl sites for hydroxylation is 1. The Hall–Kier alpha value is -3.33. The highest BCUT2D eigenvalue weighted by Crippen LogP contribution is 2.31. The van der Waals surface area contributed by atoms with E-state index in [9.17, 15) is 9.18 Å². The highest BCUT2D eigenvalue weighted by molar-refractivity contribution is 5.79. The van der Waals surface area contributed by atoms with Gasteiger partial charge in [-0.2, -0.15) is 4.98 Å². The van der Waals surface area contributed by atoms with Crippen LogP contribution >= 0.6 is 0 Å². The second-order valence-corrected chi connectivity index (χ2v) is 8.92. The molecule has 0 radical (unpaired) electrons. The van der Waals surface area contributed by atoms with Crippen molar-refractivity contribution in [3.8, 4) is 28.7 Å². The molecule has 35 heavy (non-hydrogen) atoms. The molecule has 0 saturated heterocycles. The van der Waals surface area contributed by atoms with Crippen LogP contribution in [-0.2, 0) is 16.1 Å². The minimum atomic E-state index is -0.719. The molecule has 9 heteroatoms. The molecule has 8 nitrogen and oxygen atoms in total. The molecular weight excluding hydrogens is 449 g/mol. The Morgan fingerprint density at radius 2 is 1.94 bits per heavy atom. The quantitative estimate of drug-likeness (QED) is 0.436. The number of hydrogen-bond donors (Lipinski definition) is 1. The first-order valence-corrected chi connectivity index (χ1v) is 12.1. The molecule has 2 heterocycles. The summed E-state index contributed by atoms with van der Waals surface area (Å²) in [5.74, 6) is -0.143. The van der Waals surface area contributed by atoms with Crippen LogP contribution in [-0.4, -0.2) is 45.2 Å². The van der Waals surface area contributed by atoms with E-state index in [0.29, 0.717) is 42.9 Å². The molecule has 3 aromatic rings. The number of ether oxygens (including phenoxy) is 2. The van der Waals surface area contributed by atoms with Crippen molar-refractivity contribution >= 4 is 5.91 Å². The summed E-state index contributed by atoms with van der Waals surface area (Å²) in [7, 11) is 1.45. The van der Waals surface area contributed by atoms with Gasteiger partial charge in [0.05, 0.1) is 30.0 Å². The number of nitrogens with zero attached hydrogens (tertiary/aromatic N) is 4. The lowest BCUT2D eigenvalue weighted by Gasteiger charge is -2.21. The molecule has 2 N–H and O–H groups in total. The van der Waals surface area contributed by atoms with Gasteiger partial charge in [-0.25, -0.2) is 14.4 Å². The van der Waals surface area contributed by atoms with Gasteiger partial charge in [-0.3, -0.25) is 4.79 Å². The van der Waals surface area contributed by atoms with Crippen LogP contribution in [0.25, 0.3) is 22.6 Å². The second kappa shape index (κ2) is 11.9. The lowest BCUT2D eigenvalue weighted by molar-refractivity contribution is -0.128. The molecule has 1 fully saturated rings. The molecule has 0 bridgehead atoms. The van der Waals surface area contributed by atoms with Gasteiger partial charge in [-0.1, -0.05) is 32.1 Å². The smallest absolute Gasteiger partial charge is 0.316 e. The summed E-state index contributed by atoms with van der Waals surface area (Å²) in [6.45, 7) is 0.999. The molecule has 4 rings (SSSR count). The fraction of sp³-hybridized carbons (Fsp3) is 0.462. The number of hydrogen-bond acceptors (Lipinski definition) is 6. The molecule has 0 spiro atoms. The minimum absolute atomic E-state index is 0.308. The Bertz CT molecular complexity index is 1110. The van der Waals surface area contributed by atoms with Gasteiger partial charge in [0.15, 0.2) is 0 Å². The molecular formula is C26H32FN5O3. The lowest BCUT2D eigenvalue weighted by atomic mass is 9.87. The molecule has 1 unspecified atom stereocenters. The molecule has 1 amide bonds. The molecule has 186 valence electrons. The van der Waals surface area contributed by atoms with Gasteiger partial charge in [-0.05, 0) is 42.7 Å². The topological polar surface area (TPSA) is 105 Å². The van der Waals surface area contributed by atoms with E-state index in [4.69, 9.17) is 15.2 Å². The normalized spacial score (nSPS) is 15.1. The lowest BCUT2D eigenvalue weighted by Crippen LogP contribution is -2.31. The number of nitrogens with two attached hydrogens (primary N) is 1. The Kier molecular flexibility index (Phi) is 8.41. The number of carbonyl (C=O) groups is 1. The fourth-order valence-corrected chi connectivity index (χ4v) is 4.61. The van der Waals surface area contributed by atoms with Crippen molar-refractivity contribution in [1.82, 2.24) is 19.5 Å². The zero-order chi connectivity index (χ0) is 24.6. The third-order valence-corrected chi connectivity index (χ3v) is 6.55. The van der Waals surface area contributed by atoms with E-state index < -0.39 is 12.0 Å². The van der Waals surface area contributed by atoms with Crippen molar-refractivity contribution in [3.05, 3.63) is 48.7 Å². The van der Waals surface area contributed by atoms with Crippen molar-refractivity contribution in [2.45, 2.75) is 57.6 Å². The Balaban J connectivity index is 1.58. The Labute approximate surface area is 204 Å². The number of amides is 1. The average Bonchev–Trinajstić information content (AvgIpc) is 3.29. The number of carbonyl (C=O) groups excluding carboxylic acids is 1. The summed E-state index contributed by atoms with van der Waals surface area (Å²) in [6, 6.07) is 8.24. The first kappa shape index (κ1) is 24.8. The van der Waals surface area contributed by atoms with Gasteiger partial charge in [-0.15, -0.1) is 0 Å². The number of primary amides is 1. The molecule has 1 aliphatic carbocycles. The zero-order valence-electron chi connectivity index (χ0n) is 20.0.